The number of hydrogen-bond donors (Lipinski definition) is 1. The van der Waals surface area contributed by atoms with Gasteiger partial charge in [0, 0.05) is 33.5 Å². The predicted molar refractivity (Wildman–Crippen MR) is 81.6 cm³/mol. The number of carbonyl (C=O) groups excluding carboxylic acids is 1. The van der Waals surface area contributed by atoms with Gasteiger partial charge in [-0.3, -0.25) is 4.79 Å². The lowest BCUT2D eigenvalue weighted by atomic mass is 10.1. The van der Waals surface area contributed by atoms with Gasteiger partial charge in [0.05, 0.1) is 5.56 Å². The molecule has 20 heavy (non-hydrogen) atoms. The van der Waals surface area contributed by atoms with Crippen molar-refractivity contribution in [1.82, 2.24) is 4.90 Å². The smallest absolute Gasteiger partial charge is 0.327 e. The van der Waals surface area contributed by atoms with Crippen LogP contribution in [0.3, 0.4) is 0 Å². The zero-order valence-corrected chi connectivity index (χ0v) is 12.2. The Morgan fingerprint density at radius 1 is 1.30 bits per heavy atom. The number of thioether (sulfide) groups is 1. The number of rotatable bonds is 2. The summed E-state index contributed by atoms with van der Waals surface area (Å²) in [5.41, 5.74) is 0.615. The lowest BCUT2D eigenvalue weighted by Gasteiger charge is -2.32. The number of aliphatic carboxylic acids is 1. The zero-order valence-electron chi connectivity index (χ0n) is 10.6. The Balaban J connectivity index is 1.96. The summed E-state index contributed by atoms with van der Waals surface area (Å²) in [7, 11) is 0. The van der Waals surface area contributed by atoms with Crippen molar-refractivity contribution < 1.29 is 14.7 Å². The molecule has 1 aliphatic heterocycles. The molecule has 1 N–H and O–H groups in total. The fraction of sp³-hybridized carbons (Fsp3) is 0.286. The van der Waals surface area contributed by atoms with Crippen LogP contribution in [0.25, 0.3) is 10.1 Å². The predicted octanol–water partition coefficient (Wildman–Crippen LogP) is 2.54. The number of hydrogen-bond acceptors (Lipinski definition) is 4. The van der Waals surface area contributed by atoms with Crippen molar-refractivity contribution in [3.63, 3.8) is 0 Å². The monoisotopic (exact) mass is 307 g/mol. The number of carboxylic acids is 1. The van der Waals surface area contributed by atoms with Crippen LogP contribution in [-0.4, -0.2) is 46.0 Å². The molecule has 2 heterocycles. The van der Waals surface area contributed by atoms with E-state index in [4.69, 9.17) is 0 Å². The third-order valence-electron chi connectivity index (χ3n) is 3.39. The van der Waals surface area contributed by atoms with Crippen LogP contribution in [0.4, 0.5) is 0 Å². The molecule has 3 rings (SSSR count). The van der Waals surface area contributed by atoms with Gasteiger partial charge in [0.1, 0.15) is 6.04 Å². The van der Waals surface area contributed by atoms with Crippen molar-refractivity contribution in [2.24, 2.45) is 0 Å². The van der Waals surface area contributed by atoms with E-state index >= 15 is 0 Å². The second kappa shape index (κ2) is 5.46. The molecule has 0 radical (unpaired) electrons. The van der Waals surface area contributed by atoms with E-state index in [1.54, 1.807) is 11.8 Å². The van der Waals surface area contributed by atoms with Crippen LogP contribution >= 0.6 is 23.1 Å². The Kier molecular flexibility index (Phi) is 3.67. The number of benzene rings is 1. The quantitative estimate of drug-likeness (QED) is 0.926. The molecule has 0 saturated carbocycles. The maximum absolute atomic E-state index is 12.6. The molecule has 0 bridgehead atoms. The molecular formula is C14H13NO3S2. The number of carbonyl (C=O) groups is 2. The van der Waals surface area contributed by atoms with Crippen LogP contribution in [0.5, 0.6) is 0 Å². The Morgan fingerprint density at radius 2 is 2.10 bits per heavy atom. The van der Waals surface area contributed by atoms with Gasteiger partial charge in [-0.25, -0.2) is 4.79 Å². The zero-order chi connectivity index (χ0) is 14.1. The molecule has 1 fully saturated rings. The number of thiophene rings is 1. The van der Waals surface area contributed by atoms with Crippen molar-refractivity contribution in [1.29, 1.82) is 0 Å². The lowest BCUT2D eigenvalue weighted by Crippen LogP contribution is -2.50. The van der Waals surface area contributed by atoms with Crippen molar-refractivity contribution in [2.45, 2.75) is 6.04 Å². The second-order valence-electron chi connectivity index (χ2n) is 4.57. The fourth-order valence-corrected chi connectivity index (χ4v) is 4.32. The molecule has 1 aliphatic rings. The number of amides is 1. The second-order valence-corrected chi connectivity index (χ2v) is 6.63. The van der Waals surface area contributed by atoms with E-state index in [0.717, 1.165) is 15.8 Å². The highest BCUT2D eigenvalue weighted by Gasteiger charge is 2.33. The van der Waals surface area contributed by atoms with Crippen LogP contribution < -0.4 is 0 Å². The molecule has 1 aromatic carbocycles. The normalized spacial score (nSPS) is 19.2. The molecule has 1 atom stereocenters. The summed E-state index contributed by atoms with van der Waals surface area (Å²) in [4.78, 5) is 25.4. The first-order valence-corrected chi connectivity index (χ1v) is 8.29. The van der Waals surface area contributed by atoms with E-state index < -0.39 is 12.0 Å². The molecule has 0 spiro atoms. The summed E-state index contributed by atoms with van der Waals surface area (Å²) in [6.45, 7) is 0.491. The Bertz CT molecular complexity index is 667. The van der Waals surface area contributed by atoms with Crippen LogP contribution in [-0.2, 0) is 4.79 Å². The molecular weight excluding hydrogens is 294 g/mol. The van der Waals surface area contributed by atoms with E-state index in [9.17, 15) is 14.7 Å². The van der Waals surface area contributed by atoms with Gasteiger partial charge < -0.3 is 10.0 Å². The summed E-state index contributed by atoms with van der Waals surface area (Å²) >= 11 is 3.10. The van der Waals surface area contributed by atoms with Crippen molar-refractivity contribution in [3.8, 4) is 0 Å². The van der Waals surface area contributed by atoms with Gasteiger partial charge in [0.25, 0.3) is 5.91 Å². The summed E-state index contributed by atoms with van der Waals surface area (Å²) in [6.07, 6.45) is 0. The average molecular weight is 307 g/mol. The highest BCUT2D eigenvalue weighted by Crippen LogP contribution is 2.28. The van der Waals surface area contributed by atoms with Gasteiger partial charge in [-0.05, 0) is 6.07 Å². The van der Waals surface area contributed by atoms with Crippen LogP contribution in [0.1, 0.15) is 10.4 Å². The molecule has 2 aromatic rings. The van der Waals surface area contributed by atoms with Crippen LogP contribution in [0, 0.1) is 0 Å². The maximum Gasteiger partial charge on any atom is 0.327 e. The topological polar surface area (TPSA) is 57.6 Å². The first kappa shape index (κ1) is 13.5. The minimum Gasteiger partial charge on any atom is -0.480 e. The van der Waals surface area contributed by atoms with Gasteiger partial charge in [-0.1, -0.05) is 18.2 Å². The number of nitrogens with zero attached hydrogens (tertiary/aromatic N) is 1. The third-order valence-corrected chi connectivity index (χ3v) is 5.37. The van der Waals surface area contributed by atoms with E-state index in [0.29, 0.717) is 17.9 Å². The molecule has 6 heteroatoms. The number of fused-ring (bicyclic) bond motifs is 1. The molecule has 1 amide bonds. The summed E-state index contributed by atoms with van der Waals surface area (Å²) in [5.74, 6) is 0.154. The van der Waals surface area contributed by atoms with Gasteiger partial charge in [-0.2, -0.15) is 11.8 Å². The third kappa shape index (κ3) is 2.29. The molecule has 104 valence electrons. The van der Waals surface area contributed by atoms with Crippen LogP contribution in [0.15, 0.2) is 29.6 Å². The molecule has 1 aromatic heterocycles. The van der Waals surface area contributed by atoms with Gasteiger partial charge >= 0.3 is 5.97 Å². The lowest BCUT2D eigenvalue weighted by molar-refractivity contribution is -0.141. The molecule has 1 unspecified atom stereocenters. The Hall–Kier alpha value is -1.53. The number of carboxylic acid groups (broad SMARTS) is 1. The fourth-order valence-electron chi connectivity index (χ4n) is 2.35. The molecule has 0 aliphatic carbocycles. The van der Waals surface area contributed by atoms with E-state index in [2.05, 4.69) is 0 Å². The van der Waals surface area contributed by atoms with Crippen LogP contribution in [0.2, 0.25) is 0 Å². The standard InChI is InChI=1S/C14H13NO3S2/c16-13(15-5-6-19-8-11(15)14(17)18)10-7-20-12-4-2-1-3-9(10)12/h1-4,7,11H,5-6,8H2,(H,17,18). The largest absolute Gasteiger partial charge is 0.480 e. The van der Waals surface area contributed by atoms with Gasteiger partial charge in [-0.15, -0.1) is 11.3 Å². The highest BCUT2D eigenvalue weighted by atomic mass is 32.2. The highest BCUT2D eigenvalue weighted by molar-refractivity contribution is 7.99. The van der Waals surface area contributed by atoms with E-state index in [-0.39, 0.29) is 5.91 Å². The Morgan fingerprint density at radius 3 is 2.90 bits per heavy atom. The Labute approximate surface area is 124 Å². The molecule has 1 saturated heterocycles. The van der Waals surface area contributed by atoms with E-state index in [1.165, 1.54) is 16.2 Å². The first-order valence-electron chi connectivity index (χ1n) is 6.26. The minimum absolute atomic E-state index is 0.171. The average Bonchev–Trinajstić information content (AvgIpc) is 2.90. The maximum atomic E-state index is 12.6. The SMILES string of the molecule is O=C(O)C1CSCCN1C(=O)c1csc2ccccc12. The van der Waals surface area contributed by atoms with Gasteiger partial charge in [0.15, 0.2) is 0 Å². The van der Waals surface area contributed by atoms with Crippen molar-refractivity contribution in [2.75, 3.05) is 18.1 Å². The summed E-state index contributed by atoms with van der Waals surface area (Å²) in [6, 6.07) is 6.99. The van der Waals surface area contributed by atoms with Crippen molar-refractivity contribution >= 4 is 45.1 Å². The van der Waals surface area contributed by atoms with Crippen molar-refractivity contribution in [3.05, 3.63) is 35.2 Å². The summed E-state index contributed by atoms with van der Waals surface area (Å²) < 4.78 is 1.05. The molecule has 4 nitrogen and oxygen atoms in total. The summed E-state index contributed by atoms with van der Waals surface area (Å²) in [5, 5.41) is 12.0. The van der Waals surface area contributed by atoms with Gasteiger partial charge in [0.2, 0.25) is 0 Å². The first-order chi connectivity index (χ1) is 9.68. The minimum atomic E-state index is -0.926. The van der Waals surface area contributed by atoms with E-state index in [1.807, 2.05) is 29.6 Å².